The van der Waals surface area contributed by atoms with Crippen LogP contribution in [0.2, 0.25) is 0 Å². The third-order valence-corrected chi connectivity index (χ3v) is 5.60. The number of benzene rings is 2. The second kappa shape index (κ2) is 8.22. The van der Waals surface area contributed by atoms with Gasteiger partial charge in [0.2, 0.25) is 5.91 Å². The minimum atomic E-state index is -0.449. The predicted molar refractivity (Wildman–Crippen MR) is 109 cm³/mol. The lowest BCUT2D eigenvalue weighted by molar-refractivity contribution is -0.117. The van der Waals surface area contributed by atoms with Gasteiger partial charge in [-0.1, -0.05) is 12.1 Å². The van der Waals surface area contributed by atoms with Gasteiger partial charge in [0, 0.05) is 26.1 Å². The molecule has 1 saturated heterocycles. The summed E-state index contributed by atoms with van der Waals surface area (Å²) in [6, 6.07) is 9.41. The number of hydrogen-bond acceptors (Lipinski definition) is 4. The van der Waals surface area contributed by atoms with E-state index in [9.17, 15) is 14.0 Å². The number of anilines is 1. The molecule has 7 nitrogen and oxygen atoms in total. The number of carbonyl (C=O) groups excluding carboxylic acids is 2. The van der Waals surface area contributed by atoms with Gasteiger partial charge >= 0.3 is 6.03 Å². The van der Waals surface area contributed by atoms with Crippen molar-refractivity contribution in [3.8, 4) is 11.5 Å². The summed E-state index contributed by atoms with van der Waals surface area (Å²) in [7, 11) is 3.18. The minimum absolute atomic E-state index is 0.148. The molecule has 2 aliphatic heterocycles. The Kier molecular flexibility index (Phi) is 5.48. The number of amides is 3. The molecule has 0 aromatic heterocycles. The van der Waals surface area contributed by atoms with Crippen LogP contribution in [0.25, 0.3) is 0 Å². The van der Waals surface area contributed by atoms with Crippen LogP contribution in [0.15, 0.2) is 36.4 Å². The number of nitrogens with zero attached hydrogens (tertiary/aromatic N) is 2. The summed E-state index contributed by atoms with van der Waals surface area (Å²) in [5.74, 6) is 0.647. The van der Waals surface area contributed by atoms with Crippen LogP contribution in [0.3, 0.4) is 0 Å². The first-order valence-corrected chi connectivity index (χ1v) is 9.84. The van der Waals surface area contributed by atoms with Crippen LogP contribution in [0, 0.1) is 5.82 Å². The van der Waals surface area contributed by atoms with Gasteiger partial charge in [-0.15, -0.1) is 0 Å². The number of urea groups is 1. The van der Waals surface area contributed by atoms with Crippen LogP contribution in [0.4, 0.5) is 14.9 Å². The lowest BCUT2D eigenvalue weighted by atomic mass is 9.99. The van der Waals surface area contributed by atoms with E-state index in [-0.39, 0.29) is 36.6 Å². The Balaban J connectivity index is 1.42. The topological polar surface area (TPSA) is 71.1 Å². The third-order valence-electron chi connectivity index (χ3n) is 5.60. The smallest absolute Gasteiger partial charge is 0.318 e. The van der Waals surface area contributed by atoms with Crippen LogP contribution in [-0.4, -0.2) is 50.2 Å². The van der Waals surface area contributed by atoms with E-state index in [1.165, 1.54) is 11.0 Å². The van der Waals surface area contributed by atoms with Gasteiger partial charge < -0.3 is 24.6 Å². The van der Waals surface area contributed by atoms with E-state index in [4.69, 9.17) is 9.47 Å². The number of ether oxygens (including phenoxy) is 2. The molecule has 0 radical (unpaired) electrons. The number of carbonyl (C=O) groups is 2. The van der Waals surface area contributed by atoms with E-state index >= 15 is 0 Å². The number of hydrogen-bond donors (Lipinski definition) is 1. The lowest BCUT2D eigenvalue weighted by Crippen LogP contribution is -2.47. The first kappa shape index (κ1) is 20.0. The van der Waals surface area contributed by atoms with Crippen molar-refractivity contribution >= 4 is 17.6 Å². The van der Waals surface area contributed by atoms with Crippen molar-refractivity contribution in [1.29, 1.82) is 0 Å². The molecule has 8 heteroatoms. The van der Waals surface area contributed by atoms with E-state index in [1.807, 2.05) is 12.1 Å². The molecule has 0 spiro atoms. The molecule has 2 aromatic carbocycles. The second-order valence-electron chi connectivity index (χ2n) is 7.45. The predicted octanol–water partition coefficient (Wildman–Crippen LogP) is 2.72. The van der Waals surface area contributed by atoms with Gasteiger partial charge in [-0.2, -0.15) is 0 Å². The Morgan fingerprint density at radius 1 is 1.13 bits per heavy atom. The highest BCUT2D eigenvalue weighted by molar-refractivity contribution is 5.96. The highest BCUT2D eigenvalue weighted by Crippen LogP contribution is 2.33. The molecule has 30 heavy (non-hydrogen) atoms. The van der Waals surface area contributed by atoms with Gasteiger partial charge in [0.15, 0.2) is 11.5 Å². The van der Waals surface area contributed by atoms with Crippen LogP contribution >= 0.6 is 0 Å². The summed E-state index contributed by atoms with van der Waals surface area (Å²) < 4.78 is 24.8. The minimum Gasteiger partial charge on any atom is -0.493 e. The van der Waals surface area contributed by atoms with Gasteiger partial charge in [-0.25, -0.2) is 9.18 Å². The van der Waals surface area contributed by atoms with Crippen molar-refractivity contribution in [1.82, 2.24) is 10.2 Å². The molecular formula is C22H24FN3O4. The normalized spacial score (nSPS) is 18.2. The van der Waals surface area contributed by atoms with Gasteiger partial charge in [-0.05, 0) is 41.8 Å². The average molecular weight is 413 g/mol. The van der Waals surface area contributed by atoms with E-state index in [2.05, 4.69) is 5.32 Å². The molecule has 0 aliphatic carbocycles. The monoisotopic (exact) mass is 413 g/mol. The molecule has 1 unspecified atom stereocenters. The fourth-order valence-corrected chi connectivity index (χ4v) is 4.03. The Hall–Kier alpha value is -3.29. The van der Waals surface area contributed by atoms with Crippen LogP contribution < -0.4 is 19.7 Å². The van der Waals surface area contributed by atoms with Crippen molar-refractivity contribution in [3.05, 3.63) is 53.3 Å². The molecule has 4 rings (SSSR count). The molecule has 1 N–H and O–H groups in total. The first-order chi connectivity index (χ1) is 14.5. The SMILES string of the molecule is COc1cc2c(cc1OC)CN(C(=O)NC1CC(=O)N(c3ccccc3F)C1)CC2. The van der Waals surface area contributed by atoms with E-state index < -0.39 is 5.82 Å². The summed E-state index contributed by atoms with van der Waals surface area (Å²) in [5.41, 5.74) is 2.37. The molecule has 158 valence electrons. The van der Waals surface area contributed by atoms with Gasteiger partial charge in [-0.3, -0.25) is 4.79 Å². The molecule has 3 amide bonds. The van der Waals surface area contributed by atoms with Crippen molar-refractivity contribution in [2.75, 3.05) is 32.2 Å². The van der Waals surface area contributed by atoms with Gasteiger partial charge in [0.1, 0.15) is 5.82 Å². The molecule has 1 fully saturated rings. The maximum absolute atomic E-state index is 14.0. The molecule has 1 atom stereocenters. The standard InChI is InChI=1S/C22H24FN3O4/c1-29-19-9-14-7-8-25(12-15(14)10-20(19)30-2)22(28)24-16-11-21(27)26(13-16)18-6-4-3-5-17(18)23/h3-6,9-10,16H,7-8,11-13H2,1-2H3,(H,24,28). The summed E-state index contributed by atoms with van der Waals surface area (Å²) >= 11 is 0. The maximum Gasteiger partial charge on any atom is 0.318 e. The van der Waals surface area contributed by atoms with E-state index in [1.54, 1.807) is 37.3 Å². The summed E-state index contributed by atoms with van der Waals surface area (Å²) in [6.45, 7) is 1.26. The largest absolute Gasteiger partial charge is 0.493 e. The second-order valence-corrected chi connectivity index (χ2v) is 7.45. The molecule has 0 saturated carbocycles. The zero-order valence-electron chi connectivity index (χ0n) is 17.0. The first-order valence-electron chi connectivity index (χ1n) is 9.84. The summed E-state index contributed by atoms with van der Waals surface area (Å²) in [4.78, 5) is 28.3. The number of rotatable bonds is 4. The number of para-hydroxylation sites is 1. The van der Waals surface area contributed by atoms with Crippen molar-refractivity contribution < 1.29 is 23.5 Å². The summed E-state index contributed by atoms with van der Waals surface area (Å²) in [6.07, 6.45) is 0.851. The zero-order valence-corrected chi connectivity index (χ0v) is 17.0. The van der Waals surface area contributed by atoms with Crippen molar-refractivity contribution in [2.45, 2.75) is 25.4 Å². The number of halogens is 1. The molecule has 0 bridgehead atoms. The summed E-state index contributed by atoms with van der Waals surface area (Å²) in [5, 5.41) is 2.93. The van der Waals surface area contributed by atoms with Gasteiger partial charge in [0.25, 0.3) is 0 Å². The van der Waals surface area contributed by atoms with Crippen LogP contribution in [-0.2, 0) is 17.8 Å². The van der Waals surface area contributed by atoms with E-state index in [0.29, 0.717) is 31.0 Å². The third kappa shape index (κ3) is 3.77. The fourth-order valence-electron chi connectivity index (χ4n) is 4.03. The molecule has 2 aliphatic rings. The fraction of sp³-hybridized carbons (Fsp3) is 0.364. The highest BCUT2D eigenvalue weighted by Gasteiger charge is 2.34. The Bertz CT molecular complexity index is 981. The average Bonchev–Trinajstić information content (AvgIpc) is 3.12. The van der Waals surface area contributed by atoms with Crippen LogP contribution in [0.1, 0.15) is 17.5 Å². The Labute approximate surface area is 174 Å². The number of fused-ring (bicyclic) bond motifs is 1. The number of methoxy groups -OCH3 is 2. The quantitative estimate of drug-likeness (QED) is 0.837. The Morgan fingerprint density at radius 2 is 1.83 bits per heavy atom. The highest BCUT2D eigenvalue weighted by atomic mass is 19.1. The van der Waals surface area contributed by atoms with Crippen molar-refractivity contribution in [2.24, 2.45) is 0 Å². The zero-order chi connectivity index (χ0) is 21.3. The molecule has 2 heterocycles. The number of nitrogens with one attached hydrogen (secondary N) is 1. The molecule has 2 aromatic rings. The van der Waals surface area contributed by atoms with E-state index in [0.717, 1.165) is 11.1 Å². The Morgan fingerprint density at radius 3 is 2.53 bits per heavy atom. The molecular weight excluding hydrogens is 389 g/mol. The lowest BCUT2D eigenvalue weighted by Gasteiger charge is -2.30. The van der Waals surface area contributed by atoms with Crippen molar-refractivity contribution in [3.63, 3.8) is 0 Å². The van der Waals surface area contributed by atoms with Crippen LogP contribution in [0.5, 0.6) is 11.5 Å². The maximum atomic E-state index is 14.0. The van der Waals surface area contributed by atoms with Gasteiger partial charge in [0.05, 0.1) is 25.9 Å².